The first-order valence-electron chi connectivity index (χ1n) is 18.3. The molecule has 0 bridgehead atoms. The second-order valence-electron chi connectivity index (χ2n) is 14.5. The van der Waals surface area contributed by atoms with Crippen LogP contribution in [0.4, 0.5) is 17.1 Å². The summed E-state index contributed by atoms with van der Waals surface area (Å²) in [4.78, 5) is 2.44. The molecule has 252 valence electrons. The summed E-state index contributed by atoms with van der Waals surface area (Å²) in [7, 11) is 0. The molecule has 0 unspecified atom stereocenters. The molecule has 53 heavy (non-hydrogen) atoms. The molecule has 10 rings (SSSR count). The van der Waals surface area contributed by atoms with Gasteiger partial charge < -0.3 is 9.32 Å². The highest BCUT2D eigenvalue weighted by Crippen LogP contribution is 2.52. The van der Waals surface area contributed by atoms with E-state index in [1.807, 2.05) is 6.07 Å². The molecule has 0 fully saturated rings. The van der Waals surface area contributed by atoms with Gasteiger partial charge in [0.25, 0.3) is 0 Å². The van der Waals surface area contributed by atoms with Crippen LogP contribution in [0.5, 0.6) is 0 Å². The summed E-state index contributed by atoms with van der Waals surface area (Å²) in [5.74, 6) is 0. The normalized spacial score (nSPS) is 12.9. The maximum absolute atomic E-state index is 6.55. The molecule has 1 heterocycles. The summed E-state index contributed by atoms with van der Waals surface area (Å²) in [6, 6.07) is 67.9. The minimum absolute atomic E-state index is 0.137. The van der Waals surface area contributed by atoms with Gasteiger partial charge in [0.2, 0.25) is 0 Å². The number of furan rings is 1. The van der Waals surface area contributed by atoms with Crippen molar-refractivity contribution in [2.75, 3.05) is 4.90 Å². The van der Waals surface area contributed by atoms with Crippen molar-refractivity contribution in [2.24, 2.45) is 0 Å². The lowest BCUT2D eigenvalue weighted by atomic mass is 9.82. The van der Waals surface area contributed by atoms with Crippen LogP contribution < -0.4 is 4.90 Å². The zero-order valence-corrected chi connectivity index (χ0v) is 29.8. The van der Waals surface area contributed by atoms with E-state index in [4.69, 9.17) is 4.42 Å². The van der Waals surface area contributed by atoms with Gasteiger partial charge >= 0.3 is 0 Å². The molecule has 1 aromatic heterocycles. The van der Waals surface area contributed by atoms with Gasteiger partial charge in [0.1, 0.15) is 11.2 Å². The molecule has 0 amide bonds. The van der Waals surface area contributed by atoms with Crippen LogP contribution in [0.15, 0.2) is 192 Å². The smallest absolute Gasteiger partial charge is 0.136 e. The lowest BCUT2D eigenvalue weighted by Gasteiger charge is -2.30. The Morgan fingerprint density at radius 2 is 1.02 bits per heavy atom. The summed E-state index contributed by atoms with van der Waals surface area (Å²) >= 11 is 0. The average Bonchev–Trinajstić information content (AvgIpc) is 3.71. The minimum atomic E-state index is -0.137. The largest absolute Gasteiger partial charge is 0.456 e. The standard InChI is InChI=1S/C51H37NO/c1-51(2)44-22-11-9-20-41(44)42-29-28-40(33-45(42)51)52(39-26-24-36(25-27-39)34-14-5-3-6-15-34)46-30-31-48-50(43-21-10-12-23-47(43)53-48)49(46)38-19-13-18-37(32-38)35-16-7-4-8-17-35/h3-33H,1-2H3. The summed E-state index contributed by atoms with van der Waals surface area (Å²) in [6.45, 7) is 4.70. The molecule has 0 atom stereocenters. The summed E-state index contributed by atoms with van der Waals surface area (Å²) in [6.07, 6.45) is 0. The average molecular weight is 680 g/mol. The topological polar surface area (TPSA) is 16.4 Å². The number of hydrogen-bond acceptors (Lipinski definition) is 2. The van der Waals surface area contributed by atoms with Crippen LogP contribution >= 0.6 is 0 Å². The quantitative estimate of drug-likeness (QED) is 0.174. The van der Waals surface area contributed by atoms with Crippen molar-refractivity contribution in [3.05, 3.63) is 199 Å². The number of hydrogen-bond donors (Lipinski definition) is 0. The molecule has 0 saturated carbocycles. The number of para-hydroxylation sites is 1. The SMILES string of the molecule is CC1(C)c2ccccc2-c2ccc(N(c3ccc(-c4ccccc4)cc3)c3ccc4oc5ccccc5c4c3-c3cccc(-c4ccccc4)c3)cc21. The fourth-order valence-electron chi connectivity index (χ4n) is 8.46. The van der Waals surface area contributed by atoms with Crippen LogP contribution in [-0.2, 0) is 5.41 Å². The van der Waals surface area contributed by atoms with Crippen LogP contribution in [0.2, 0.25) is 0 Å². The van der Waals surface area contributed by atoms with Gasteiger partial charge in [-0.1, -0.05) is 153 Å². The van der Waals surface area contributed by atoms with Crippen LogP contribution in [0.1, 0.15) is 25.0 Å². The van der Waals surface area contributed by atoms with Crippen molar-refractivity contribution in [3.63, 3.8) is 0 Å². The summed E-state index contributed by atoms with van der Waals surface area (Å²) in [5, 5.41) is 2.22. The predicted octanol–water partition coefficient (Wildman–Crippen LogP) is 14.4. The molecule has 8 aromatic carbocycles. The van der Waals surface area contributed by atoms with Crippen molar-refractivity contribution in [2.45, 2.75) is 19.3 Å². The third kappa shape index (κ3) is 5.10. The summed E-state index contributed by atoms with van der Waals surface area (Å²) < 4.78 is 6.55. The van der Waals surface area contributed by atoms with Crippen LogP contribution in [-0.4, -0.2) is 0 Å². The molecular formula is C51H37NO. The molecule has 1 aliphatic carbocycles. The predicted molar refractivity (Wildman–Crippen MR) is 222 cm³/mol. The number of rotatable bonds is 6. The summed E-state index contributed by atoms with van der Waals surface area (Å²) in [5.41, 5.74) is 17.3. The molecule has 2 heteroatoms. The monoisotopic (exact) mass is 679 g/mol. The van der Waals surface area contributed by atoms with Crippen LogP contribution in [0.3, 0.4) is 0 Å². The lowest BCUT2D eigenvalue weighted by molar-refractivity contribution is 0.660. The van der Waals surface area contributed by atoms with E-state index < -0.39 is 0 Å². The van der Waals surface area contributed by atoms with E-state index in [1.54, 1.807) is 0 Å². The molecule has 1 aliphatic rings. The first kappa shape index (κ1) is 31.1. The highest BCUT2D eigenvalue weighted by molar-refractivity contribution is 6.16. The van der Waals surface area contributed by atoms with E-state index in [-0.39, 0.29) is 5.41 Å². The molecule has 0 N–H and O–H groups in total. The number of nitrogens with zero attached hydrogens (tertiary/aromatic N) is 1. The van der Waals surface area contributed by atoms with Gasteiger partial charge in [-0.15, -0.1) is 0 Å². The highest BCUT2D eigenvalue weighted by atomic mass is 16.3. The Kier molecular flexibility index (Phi) is 7.19. The third-order valence-electron chi connectivity index (χ3n) is 11.1. The Morgan fingerprint density at radius 3 is 1.81 bits per heavy atom. The Morgan fingerprint density at radius 1 is 0.415 bits per heavy atom. The zero-order valence-electron chi connectivity index (χ0n) is 29.8. The second kappa shape index (κ2) is 12.3. The van der Waals surface area contributed by atoms with Gasteiger partial charge in [0.15, 0.2) is 0 Å². The van der Waals surface area contributed by atoms with Crippen molar-refractivity contribution < 1.29 is 4.42 Å². The zero-order chi connectivity index (χ0) is 35.5. The van der Waals surface area contributed by atoms with Gasteiger partial charge in [0.05, 0.1) is 5.69 Å². The highest BCUT2D eigenvalue weighted by Gasteiger charge is 2.36. The van der Waals surface area contributed by atoms with E-state index in [0.717, 1.165) is 50.1 Å². The Labute approximate surface area is 310 Å². The van der Waals surface area contributed by atoms with Crippen molar-refractivity contribution in [1.82, 2.24) is 0 Å². The van der Waals surface area contributed by atoms with Gasteiger partial charge in [0, 0.05) is 33.1 Å². The van der Waals surface area contributed by atoms with Gasteiger partial charge in [-0.3, -0.25) is 0 Å². The van der Waals surface area contributed by atoms with Gasteiger partial charge in [-0.25, -0.2) is 0 Å². The Hall–Kier alpha value is -6.64. The fraction of sp³-hybridized carbons (Fsp3) is 0.0588. The van der Waals surface area contributed by atoms with E-state index >= 15 is 0 Å². The molecule has 0 radical (unpaired) electrons. The van der Waals surface area contributed by atoms with Gasteiger partial charge in [-0.05, 0) is 98.6 Å². The Balaban J connectivity index is 1.25. The molecule has 9 aromatic rings. The first-order chi connectivity index (χ1) is 26.0. The second-order valence-corrected chi connectivity index (χ2v) is 14.5. The molecule has 0 spiro atoms. The minimum Gasteiger partial charge on any atom is -0.456 e. The third-order valence-corrected chi connectivity index (χ3v) is 11.1. The van der Waals surface area contributed by atoms with Crippen LogP contribution in [0.25, 0.3) is 66.4 Å². The van der Waals surface area contributed by atoms with Crippen LogP contribution in [0, 0.1) is 0 Å². The molecule has 0 saturated heterocycles. The van der Waals surface area contributed by atoms with E-state index in [1.165, 1.54) is 44.5 Å². The van der Waals surface area contributed by atoms with Crippen molar-refractivity contribution in [1.29, 1.82) is 0 Å². The fourth-order valence-corrected chi connectivity index (χ4v) is 8.46. The number of fused-ring (bicyclic) bond motifs is 6. The lowest BCUT2D eigenvalue weighted by Crippen LogP contribution is -2.17. The first-order valence-corrected chi connectivity index (χ1v) is 18.3. The van der Waals surface area contributed by atoms with E-state index in [2.05, 4.69) is 201 Å². The maximum atomic E-state index is 6.55. The number of anilines is 3. The van der Waals surface area contributed by atoms with Crippen molar-refractivity contribution >= 4 is 39.0 Å². The maximum Gasteiger partial charge on any atom is 0.136 e. The molecular weight excluding hydrogens is 643 g/mol. The van der Waals surface area contributed by atoms with E-state index in [0.29, 0.717) is 0 Å². The number of benzene rings is 8. The molecule has 2 nitrogen and oxygen atoms in total. The van der Waals surface area contributed by atoms with Gasteiger partial charge in [-0.2, -0.15) is 0 Å². The van der Waals surface area contributed by atoms with E-state index in [9.17, 15) is 0 Å². The molecule has 0 aliphatic heterocycles. The van der Waals surface area contributed by atoms with Crippen molar-refractivity contribution in [3.8, 4) is 44.5 Å². The Bertz CT molecular complexity index is 2790.